The van der Waals surface area contributed by atoms with Gasteiger partial charge in [0.05, 0.1) is 0 Å². The van der Waals surface area contributed by atoms with E-state index in [1.807, 2.05) is 59.5 Å². The summed E-state index contributed by atoms with van der Waals surface area (Å²) in [6.45, 7) is 2.47. The number of piperidine rings is 1. The van der Waals surface area contributed by atoms with Crippen molar-refractivity contribution in [1.82, 2.24) is 15.1 Å². The van der Waals surface area contributed by atoms with Crippen LogP contribution in [-0.4, -0.2) is 40.6 Å². The maximum absolute atomic E-state index is 12.5. The molecule has 3 aromatic rings. The van der Waals surface area contributed by atoms with Gasteiger partial charge in [-0.1, -0.05) is 53.3 Å². The van der Waals surface area contributed by atoms with Crippen molar-refractivity contribution in [3.8, 4) is 0 Å². The zero-order chi connectivity index (χ0) is 20.1. The van der Waals surface area contributed by atoms with Crippen LogP contribution in [0.5, 0.6) is 0 Å². The first-order chi connectivity index (χ1) is 14.2. The summed E-state index contributed by atoms with van der Waals surface area (Å²) in [6, 6.07) is 17.3. The van der Waals surface area contributed by atoms with E-state index >= 15 is 0 Å². The molecule has 1 amide bonds. The molecule has 1 aromatic heterocycles. The van der Waals surface area contributed by atoms with Crippen LogP contribution >= 0.6 is 22.9 Å². The van der Waals surface area contributed by atoms with Gasteiger partial charge < -0.3 is 10.2 Å². The van der Waals surface area contributed by atoms with Crippen molar-refractivity contribution in [2.45, 2.75) is 19.3 Å². The summed E-state index contributed by atoms with van der Waals surface area (Å²) in [5.74, 6) is 0.673. The van der Waals surface area contributed by atoms with Crippen LogP contribution < -0.4 is 5.32 Å². The molecule has 1 N–H and O–H groups in total. The minimum Gasteiger partial charge on any atom is -0.360 e. The van der Waals surface area contributed by atoms with Crippen LogP contribution in [0.25, 0.3) is 0 Å². The van der Waals surface area contributed by atoms with Gasteiger partial charge in [-0.05, 0) is 48.6 Å². The van der Waals surface area contributed by atoms with Crippen molar-refractivity contribution in [1.29, 1.82) is 0 Å². The summed E-state index contributed by atoms with van der Waals surface area (Å²) >= 11 is 7.53. The number of likely N-dealkylation sites (tertiary alicyclic amines) is 1. The van der Waals surface area contributed by atoms with Crippen molar-refractivity contribution in [3.63, 3.8) is 0 Å². The van der Waals surface area contributed by atoms with Gasteiger partial charge >= 0.3 is 0 Å². The average molecular weight is 427 g/mol. The molecular formula is C22H23ClN4OS. The summed E-state index contributed by atoms with van der Waals surface area (Å²) in [5.41, 5.74) is 1.94. The molecule has 4 rings (SSSR count). The fraction of sp³-hybridized carbons (Fsp3) is 0.318. The fourth-order valence-corrected chi connectivity index (χ4v) is 4.42. The zero-order valence-corrected chi connectivity index (χ0v) is 17.6. The Morgan fingerprint density at radius 2 is 1.79 bits per heavy atom. The Bertz CT molecular complexity index is 937. The second kappa shape index (κ2) is 9.37. The van der Waals surface area contributed by atoms with Crippen LogP contribution in [-0.2, 0) is 6.42 Å². The summed E-state index contributed by atoms with van der Waals surface area (Å²) in [5, 5.41) is 14.6. The number of benzene rings is 2. The van der Waals surface area contributed by atoms with Gasteiger partial charge in [0, 0.05) is 36.6 Å². The van der Waals surface area contributed by atoms with E-state index in [0.29, 0.717) is 5.92 Å². The lowest BCUT2D eigenvalue weighted by molar-refractivity contribution is 0.0695. The van der Waals surface area contributed by atoms with Gasteiger partial charge in [-0.15, -0.1) is 10.2 Å². The summed E-state index contributed by atoms with van der Waals surface area (Å²) < 4.78 is 0. The third-order valence-corrected chi connectivity index (χ3v) is 6.33. The SMILES string of the molecule is O=C(c1ccccc1)N1CCC(CNc2nnc(Cc3ccc(Cl)cc3)s2)CC1. The van der Waals surface area contributed by atoms with Gasteiger partial charge in [-0.25, -0.2) is 0 Å². The third kappa shape index (κ3) is 5.34. The molecule has 0 spiro atoms. The van der Waals surface area contributed by atoms with Crippen molar-refractivity contribution in [2.24, 2.45) is 5.92 Å². The number of carbonyl (C=O) groups is 1. The smallest absolute Gasteiger partial charge is 0.253 e. The summed E-state index contributed by atoms with van der Waals surface area (Å²) in [4.78, 5) is 14.5. The highest BCUT2D eigenvalue weighted by molar-refractivity contribution is 7.15. The van der Waals surface area contributed by atoms with Crippen LogP contribution in [0, 0.1) is 5.92 Å². The van der Waals surface area contributed by atoms with Gasteiger partial charge in [0.2, 0.25) is 5.13 Å². The maximum Gasteiger partial charge on any atom is 0.253 e. The number of anilines is 1. The Morgan fingerprint density at radius 3 is 2.52 bits per heavy atom. The fourth-order valence-electron chi connectivity index (χ4n) is 3.51. The van der Waals surface area contributed by atoms with E-state index in [4.69, 9.17) is 11.6 Å². The van der Waals surface area contributed by atoms with Crippen LogP contribution in [0.1, 0.15) is 33.8 Å². The molecule has 0 radical (unpaired) electrons. The normalized spacial score (nSPS) is 14.7. The van der Waals surface area contributed by atoms with Crippen LogP contribution in [0.4, 0.5) is 5.13 Å². The summed E-state index contributed by atoms with van der Waals surface area (Å²) in [6.07, 6.45) is 2.76. The molecule has 5 nitrogen and oxygen atoms in total. The monoisotopic (exact) mass is 426 g/mol. The number of aromatic nitrogens is 2. The first-order valence-electron chi connectivity index (χ1n) is 9.82. The van der Waals surface area contributed by atoms with E-state index in [1.165, 1.54) is 5.56 Å². The molecule has 1 aliphatic rings. The number of hydrogen-bond acceptors (Lipinski definition) is 5. The predicted octanol–water partition coefficient (Wildman–Crippen LogP) is 4.75. The van der Waals surface area contributed by atoms with Crippen LogP contribution in [0.3, 0.4) is 0 Å². The molecule has 0 bridgehead atoms. The van der Waals surface area contributed by atoms with Gasteiger partial charge in [-0.3, -0.25) is 4.79 Å². The number of nitrogens with one attached hydrogen (secondary N) is 1. The predicted molar refractivity (Wildman–Crippen MR) is 118 cm³/mol. The highest BCUT2D eigenvalue weighted by Gasteiger charge is 2.23. The highest BCUT2D eigenvalue weighted by Crippen LogP contribution is 2.23. The van der Waals surface area contributed by atoms with Crippen molar-refractivity contribution < 1.29 is 4.79 Å². The number of nitrogens with zero attached hydrogens (tertiary/aromatic N) is 3. The van der Waals surface area contributed by atoms with E-state index < -0.39 is 0 Å². The Hall–Kier alpha value is -2.44. The lowest BCUT2D eigenvalue weighted by Gasteiger charge is -2.32. The van der Waals surface area contributed by atoms with Gasteiger partial charge in [0.25, 0.3) is 5.91 Å². The molecule has 2 aromatic carbocycles. The molecule has 150 valence electrons. The maximum atomic E-state index is 12.5. The third-order valence-electron chi connectivity index (χ3n) is 5.20. The Balaban J connectivity index is 1.23. The van der Waals surface area contributed by atoms with Crippen molar-refractivity contribution in [2.75, 3.05) is 25.0 Å². The van der Waals surface area contributed by atoms with Crippen LogP contribution in [0.15, 0.2) is 54.6 Å². The van der Waals surface area contributed by atoms with E-state index in [1.54, 1.807) is 11.3 Å². The number of hydrogen-bond donors (Lipinski definition) is 1. The second-order valence-electron chi connectivity index (χ2n) is 7.29. The zero-order valence-electron chi connectivity index (χ0n) is 16.1. The first-order valence-corrected chi connectivity index (χ1v) is 11.0. The molecule has 1 aliphatic heterocycles. The molecule has 0 unspecified atom stereocenters. The lowest BCUT2D eigenvalue weighted by atomic mass is 9.96. The Morgan fingerprint density at radius 1 is 1.07 bits per heavy atom. The minimum atomic E-state index is 0.132. The van der Waals surface area contributed by atoms with E-state index in [-0.39, 0.29) is 5.91 Å². The molecule has 29 heavy (non-hydrogen) atoms. The topological polar surface area (TPSA) is 58.1 Å². The Kier molecular flexibility index (Phi) is 6.42. The van der Waals surface area contributed by atoms with Gasteiger partial charge in [-0.2, -0.15) is 0 Å². The largest absolute Gasteiger partial charge is 0.360 e. The number of amides is 1. The van der Waals surface area contributed by atoms with Crippen molar-refractivity contribution in [3.05, 3.63) is 75.8 Å². The minimum absolute atomic E-state index is 0.132. The number of carbonyl (C=O) groups excluding carboxylic acids is 1. The molecule has 0 atom stereocenters. The highest BCUT2D eigenvalue weighted by atomic mass is 35.5. The molecule has 7 heteroatoms. The number of halogens is 1. The lowest BCUT2D eigenvalue weighted by Crippen LogP contribution is -2.39. The van der Waals surface area contributed by atoms with Crippen molar-refractivity contribution >= 4 is 34.0 Å². The van der Waals surface area contributed by atoms with E-state index in [0.717, 1.165) is 59.6 Å². The molecule has 1 fully saturated rings. The first kappa shape index (κ1) is 19.9. The number of rotatable bonds is 6. The molecule has 1 saturated heterocycles. The van der Waals surface area contributed by atoms with Gasteiger partial charge in [0.1, 0.15) is 5.01 Å². The van der Waals surface area contributed by atoms with E-state index in [2.05, 4.69) is 15.5 Å². The molecular weight excluding hydrogens is 404 g/mol. The average Bonchev–Trinajstić information content (AvgIpc) is 3.22. The quantitative estimate of drug-likeness (QED) is 0.618. The Labute approximate surface area is 179 Å². The molecule has 0 saturated carbocycles. The second-order valence-corrected chi connectivity index (χ2v) is 8.79. The molecule has 0 aliphatic carbocycles. The summed E-state index contributed by atoms with van der Waals surface area (Å²) in [7, 11) is 0. The van der Waals surface area contributed by atoms with E-state index in [9.17, 15) is 4.79 Å². The standard InChI is InChI=1S/C22H23ClN4OS/c23-19-8-6-16(7-9-19)14-20-25-26-22(29-20)24-15-17-10-12-27(13-11-17)21(28)18-4-2-1-3-5-18/h1-9,17H,10-15H2,(H,24,26). The van der Waals surface area contributed by atoms with Crippen LogP contribution in [0.2, 0.25) is 5.02 Å². The van der Waals surface area contributed by atoms with Gasteiger partial charge in [0.15, 0.2) is 0 Å². The molecule has 2 heterocycles.